The van der Waals surface area contributed by atoms with Crippen molar-refractivity contribution in [3.63, 3.8) is 0 Å². The van der Waals surface area contributed by atoms with Gasteiger partial charge in [0.05, 0.1) is 12.1 Å². The number of rotatable bonds is 7. The molecule has 1 spiro atoms. The van der Waals surface area contributed by atoms with Gasteiger partial charge in [-0.25, -0.2) is 0 Å². The molecular weight excluding hydrogens is 632 g/mol. The summed E-state index contributed by atoms with van der Waals surface area (Å²) in [5.74, 6) is 5.70. The zero-order valence-corrected chi connectivity index (χ0v) is 32.0. The second-order valence-corrected chi connectivity index (χ2v) is 20.8. The van der Waals surface area contributed by atoms with Crippen LogP contribution in [0.2, 0.25) is 0 Å². The molecule has 276 valence electrons. The second-order valence-electron chi connectivity index (χ2n) is 19.1. The van der Waals surface area contributed by atoms with Gasteiger partial charge in [-0.3, -0.25) is 18.3 Å². The summed E-state index contributed by atoms with van der Waals surface area (Å²) in [6, 6.07) is 0. The fourth-order valence-electron chi connectivity index (χ4n) is 15.2. The average molecular weight is 699 g/mol. The number of allylic oxidation sites excluding steroid dienone is 5. The fourth-order valence-corrected chi connectivity index (χ4v) is 16.3. The van der Waals surface area contributed by atoms with Crippen molar-refractivity contribution in [2.24, 2.45) is 68.5 Å². The maximum Gasteiger partial charge on any atom is 0.226 e. The van der Waals surface area contributed by atoms with Gasteiger partial charge >= 0.3 is 0 Å². The normalized spacial score (nSPS) is 46.9. The lowest BCUT2D eigenvalue weighted by molar-refractivity contribution is -0.146. The van der Waals surface area contributed by atoms with E-state index in [1.807, 2.05) is 0 Å². The van der Waals surface area contributed by atoms with E-state index in [1.165, 1.54) is 43.3 Å². The minimum atomic E-state index is -0.671. The van der Waals surface area contributed by atoms with Crippen LogP contribution in [-0.2, 0) is 15.6 Å². The van der Waals surface area contributed by atoms with Crippen molar-refractivity contribution < 1.29 is 20.3 Å². The van der Waals surface area contributed by atoms with Gasteiger partial charge in [-0.2, -0.15) is 0 Å². The van der Waals surface area contributed by atoms with Gasteiger partial charge in [0.2, 0.25) is 5.91 Å². The van der Waals surface area contributed by atoms with Gasteiger partial charge in [0.15, 0.2) is 0 Å². The van der Waals surface area contributed by atoms with Crippen LogP contribution in [0.1, 0.15) is 107 Å². The maximum absolute atomic E-state index is 14.5. The zero-order valence-electron chi connectivity index (χ0n) is 31.2. The molecule has 1 heterocycles. The number of alkyl halides is 1. The predicted octanol–water partition coefficient (Wildman–Crippen LogP) is 7.70. The molecule has 8 rings (SSSR count). The van der Waals surface area contributed by atoms with E-state index in [-0.39, 0.29) is 30.3 Å². The summed E-state index contributed by atoms with van der Waals surface area (Å²) in [4.78, 5) is 16.9. The highest BCUT2D eigenvalue weighted by molar-refractivity contribution is 7.85. The van der Waals surface area contributed by atoms with Crippen molar-refractivity contribution in [2.45, 2.75) is 105 Å². The summed E-state index contributed by atoms with van der Waals surface area (Å²) in [6.45, 7) is 20.4. The van der Waals surface area contributed by atoms with E-state index in [4.69, 9.17) is 0 Å². The van der Waals surface area contributed by atoms with Crippen molar-refractivity contribution in [3.8, 4) is 0 Å². The van der Waals surface area contributed by atoms with Crippen molar-refractivity contribution in [2.75, 3.05) is 44.4 Å². The molecule has 5 nitrogen and oxygen atoms in total. The molecule has 1 saturated heterocycles. The number of hydrogen-bond donors (Lipinski definition) is 1. The topological polar surface area (TPSA) is 80.9 Å². The third kappa shape index (κ3) is 4.92. The van der Waals surface area contributed by atoms with Crippen LogP contribution in [0.25, 0.3) is 0 Å². The van der Waals surface area contributed by atoms with E-state index >= 15 is 0 Å². The Balaban J connectivity index is 0.00000216. The quantitative estimate of drug-likeness (QED) is 0.277. The summed E-state index contributed by atoms with van der Waals surface area (Å²) >= 11 is 0. The molecule has 49 heavy (non-hydrogen) atoms. The zero-order chi connectivity index (χ0) is 33.9. The van der Waals surface area contributed by atoms with Crippen LogP contribution in [0.5, 0.6) is 0 Å². The van der Waals surface area contributed by atoms with E-state index in [0.717, 1.165) is 81.5 Å². The first-order valence-corrected chi connectivity index (χ1v) is 21.3. The number of hydrogen-bond acceptors (Lipinski definition) is 3. The molecular formula is C42H67FN2O3S. The summed E-state index contributed by atoms with van der Waals surface area (Å²) in [7, 11) is -0.671. The number of nitrogens with one attached hydrogen (secondary N) is 1. The third-order valence-electron chi connectivity index (χ3n) is 17.3. The minimum Gasteiger partial charge on any atom is -0.412 e. The average Bonchev–Trinajstić information content (AvgIpc) is 3.36. The molecule has 3 N–H and O–H groups in total. The first-order valence-electron chi connectivity index (χ1n) is 19.8. The highest BCUT2D eigenvalue weighted by Gasteiger charge is 2.86. The number of carbonyl (C=O) groups is 1. The lowest BCUT2D eigenvalue weighted by Crippen LogP contribution is -2.56. The van der Waals surface area contributed by atoms with Gasteiger partial charge in [-0.1, -0.05) is 52.0 Å². The van der Waals surface area contributed by atoms with Gasteiger partial charge in [-0.05, 0) is 152 Å². The van der Waals surface area contributed by atoms with Crippen LogP contribution in [0, 0.1) is 68.5 Å². The molecule has 0 aromatic rings. The van der Waals surface area contributed by atoms with E-state index < -0.39 is 10.8 Å². The summed E-state index contributed by atoms with van der Waals surface area (Å²) in [5.41, 5.74) is 5.32. The Hall–Kier alpha value is -1.31. The van der Waals surface area contributed by atoms with Crippen LogP contribution < -0.4 is 5.32 Å². The minimum absolute atomic E-state index is 0. The SMILES string of the molecule is C=C(C)[C@@H]1CC[C@]2(C(=O)NCCN3CCS(=O)CC3)CC[C@]34C5C[C@H]6C(C)(C)C(C7=CC[C@H](CF)CC7)=CC[C@]6(C)[C@@H](CC[C@@H]3[C@@H]12)[C@@]54C.O.[HH]. The number of amides is 1. The molecule has 0 aromatic heterocycles. The molecule has 8 aliphatic rings. The van der Waals surface area contributed by atoms with E-state index in [0.29, 0.717) is 52.4 Å². The summed E-state index contributed by atoms with van der Waals surface area (Å²) in [5, 5.41) is 3.49. The fraction of sp³-hybridized carbons (Fsp3) is 0.833. The number of nitrogens with zero attached hydrogens (tertiary/aromatic N) is 1. The molecule has 0 bridgehead atoms. The molecule has 5 saturated carbocycles. The molecule has 1 amide bonds. The van der Waals surface area contributed by atoms with Crippen molar-refractivity contribution in [3.05, 3.63) is 35.5 Å². The lowest BCUT2D eigenvalue weighted by atomic mass is 9.43. The van der Waals surface area contributed by atoms with Crippen molar-refractivity contribution in [1.82, 2.24) is 10.2 Å². The monoisotopic (exact) mass is 698 g/mol. The van der Waals surface area contributed by atoms with Gasteiger partial charge < -0.3 is 10.8 Å². The van der Waals surface area contributed by atoms with Crippen LogP contribution in [-0.4, -0.2) is 64.9 Å². The van der Waals surface area contributed by atoms with Gasteiger partial charge in [-0.15, -0.1) is 0 Å². The number of carbonyl (C=O) groups excluding carboxylic acids is 1. The first kappa shape index (κ1) is 36.1. The molecule has 0 radical (unpaired) electrons. The summed E-state index contributed by atoms with van der Waals surface area (Å²) < 4.78 is 25.3. The smallest absolute Gasteiger partial charge is 0.226 e. The molecule has 7 heteroatoms. The number of halogens is 1. The second kappa shape index (κ2) is 12.4. The van der Waals surface area contributed by atoms with Gasteiger partial charge in [0.1, 0.15) is 0 Å². The van der Waals surface area contributed by atoms with Crippen LogP contribution >= 0.6 is 0 Å². The molecule has 11 atom stereocenters. The van der Waals surface area contributed by atoms with Crippen molar-refractivity contribution >= 4 is 16.7 Å². The Morgan fingerprint density at radius 1 is 1.04 bits per heavy atom. The Bertz CT molecular complexity index is 1450. The largest absolute Gasteiger partial charge is 0.412 e. The number of fused-ring (bicyclic) bond motifs is 4. The van der Waals surface area contributed by atoms with Gasteiger partial charge in [0.25, 0.3) is 0 Å². The molecule has 1 aliphatic heterocycles. The molecule has 7 aliphatic carbocycles. The van der Waals surface area contributed by atoms with E-state index in [9.17, 15) is 13.4 Å². The van der Waals surface area contributed by atoms with Crippen molar-refractivity contribution in [1.29, 1.82) is 0 Å². The third-order valence-corrected chi connectivity index (χ3v) is 18.6. The Morgan fingerprint density at radius 2 is 1.80 bits per heavy atom. The lowest BCUT2D eigenvalue weighted by Gasteiger charge is -2.61. The van der Waals surface area contributed by atoms with E-state index in [1.54, 1.807) is 5.57 Å². The van der Waals surface area contributed by atoms with Gasteiger partial charge in [0, 0.05) is 49.9 Å². The standard InChI is InChI=1S/C42H63FN2O2S.H2O.H2/c1-27(2)30-13-16-41(37(46)44-19-20-45-21-23-48(47)24-22-45)17-18-42-32(36(30)41)11-12-33-39(5)15-14-31(29-9-7-28(26-43)8-10-29)38(3,4)34(39)25-35(42)40(33,42)6;;/h9,14,28,30,32-36H,1,7-8,10-13,15-26H2,2-6H3,(H,44,46);1H2;1H/t28-,30-,32+,33+,34-,35?,36+,39+,40-,41-,42+;;/m0../s1. The Kier molecular flexibility index (Phi) is 9.12. The maximum atomic E-state index is 14.5. The summed E-state index contributed by atoms with van der Waals surface area (Å²) in [6.07, 6.45) is 17.5. The highest BCUT2D eigenvalue weighted by Crippen LogP contribution is 2.92. The Morgan fingerprint density at radius 3 is 2.47 bits per heavy atom. The molecule has 6 fully saturated rings. The van der Waals surface area contributed by atoms with Crippen LogP contribution in [0.3, 0.4) is 0 Å². The molecule has 0 aromatic carbocycles. The Labute approximate surface area is 300 Å². The van der Waals surface area contributed by atoms with Crippen LogP contribution in [0.15, 0.2) is 35.5 Å². The van der Waals surface area contributed by atoms with Crippen LogP contribution in [0.4, 0.5) is 4.39 Å². The highest BCUT2D eigenvalue weighted by atomic mass is 32.2. The van der Waals surface area contributed by atoms with E-state index in [2.05, 4.69) is 63.6 Å². The first-order chi connectivity index (χ1) is 22.8. The predicted molar refractivity (Wildman–Crippen MR) is 200 cm³/mol. The molecule has 1 unspecified atom stereocenters.